The molecule has 0 spiro atoms. The Bertz CT molecular complexity index is 125. The zero-order chi connectivity index (χ0) is 9.56. The summed E-state index contributed by atoms with van der Waals surface area (Å²) in [6, 6.07) is 0. The summed E-state index contributed by atoms with van der Waals surface area (Å²) < 4.78 is 5.47. The van der Waals surface area contributed by atoms with Crippen LogP contribution < -0.4 is 0 Å². The summed E-state index contributed by atoms with van der Waals surface area (Å²) in [6.07, 6.45) is 2.11. The Morgan fingerprint density at radius 1 is 1.17 bits per heavy atom. The van der Waals surface area contributed by atoms with Gasteiger partial charge in [-0.25, -0.2) is 0 Å². The maximum atomic E-state index is 5.47. The summed E-state index contributed by atoms with van der Waals surface area (Å²) in [6.45, 7) is 13.5. The number of rotatable bonds is 6. The molecule has 0 atom stereocenters. The molecule has 0 aliphatic heterocycles. The minimum atomic E-state index is 0.650. The molecule has 0 amide bonds. The molecule has 1 nitrogen and oxygen atoms in total. The number of ether oxygens (including phenoxy) is 1. The molecular weight excluding hydrogens is 148 g/mol. The van der Waals surface area contributed by atoms with Crippen molar-refractivity contribution in [2.24, 2.45) is 11.8 Å². The molecular formula is C11H22O. The lowest BCUT2D eigenvalue weighted by Gasteiger charge is -2.11. The van der Waals surface area contributed by atoms with Crippen LogP contribution in [0.2, 0.25) is 0 Å². The predicted octanol–water partition coefficient (Wildman–Crippen LogP) is 3.61. The molecule has 0 aromatic carbocycles. The van der Waals surface area contributed by atoms with E-state index in [0.717, 1.165) is 31.1 Å². The lowest BCUT2D eigenvalue weighted by atomic mass is 10.1. The quantitative estimate of drug-likeness (QED) is 0.553. The van der Waals surface area contributed by atoms with Gasteiger partial charge in [0, 0.05) is 6.42 Å². The smallest absolute Gasteiger partial charge is 0.0890 e. The van der Waals surface area contributed by atoms with Crippen molar-refractivity contribution in [2.75, 3.05) is 6.61 Å². The fourth-order valence-electron chi connectivity index (χ4n) is 0.953. The molecule has 0 N–H and O–H groups in total. The third kappa shape index (κ3) is 7.64. The zero-order valence-corrected chi connectivity index (χ0v) is 8.89. The normalized spacial score (nSPS) is 10.8. The molecule has 0 aliphatic rings. The second-order valence-corrected chi connectivity index (χ2v) is 4.17. The van der Waals surface area contributed by atoms with Crippen molar-refractivity contribution in [2.45, 2.75) is 40.5 Å². The topological polar surface area (TPSA) is 9.23 Å². The molecule has 0 rings (SSSR count). The van der Waals surface area contributed by atoms with Gasteiger partial charge in [-0.15, -0.1) is 0 Å². The maximum Gasteiger partial charge on any atom is 0.0890 e. The van der Waals surface area contributed by atoms with Gasteiger partial charge in [-0.1, -0.05) is 34.3 Å². The predicted molar refractivity (Wildman–Crippen MR) is 54.0 cm³/mol. The summed E-state index contributed by atoms with van der Waals surface area (Å²) in [5.74, 6) is 2.30. The molecule has 72 valence electrons. The van der Waals surface area contributed by atoms with Crippen molar-refractivity contribution in [1.82, 2.24) is 0 Å². The first-order valence-corrected chi connectivity index (χ1v) is 4.83. The first kappa shape index (κ1) is 11.5. The van der Waals surface area contributed by atoms with Gasteiger partial charge in [-0.3, -0.25) is 0 Å². The molecule has 0 aromatic rings. The van der Waals surface area contributed by atoms with Crippen LogP contribution in [0.15, 0.2) is 12.3 Å². The first-order valence-electron chi connectivity index (χ1n) is 4.83. The number of allylic oxidation sites excluding steroid dienone is 1. The van der Waals surface area contributed by atoms with Crippen molar-refractivity contribution in [3.05, 3.63) is 12.3 Å². The highest BCUT2D eigenvalue weighted by molar-refractivity contribution is 4.83. The largest absolute Gasteiger partial charge is 0.499 e. The van der Waals surface area contributed by atoms with E-state index in [2.05, 4.69) is 34.3 Å². The molecule has 0 fully saturated rings. The lowest BCUT2D eigenvalue weighted by molar-refractivity contribution is 0.182. The van der Waals surface area contributed by atoms with Crippen molar-refractivity contribution in [3.63, 3.8) is 0 Å². The van der Waals surface area contributed by atoms with Gasteiger partial charge in [-0.2, -0.15) is 0 Å². The Hall–Kier alpha value is -0.460. The lowest BCUT2D eigenvalue weighted by Crippen LogP contribution is -2.00. The molecule has 0 unspecified atom stereocenters. The van der Waals surface area contributed by atoms with E-state index in [-0.39, 0.29) is 0 Å². The molecule has 0 aromatic heterocycles. The molecule has 0 saturated heterocycles. The summed E-state index contributed by atoms with van der Waals surface area (Å²) in [7, 11) is 0. The van der Waals surface area contributed by atoms with Gasteiger partial charge in [0.1, 0.15) is 0 Å². The van der Waals surface area contributed by atoms with Crippen molar-refractivity contribution in [3.8, 4) is 0 Å². The molecule has 12 heavy (non-hydrogen) atoms. The van der Waals surface area contributed by atoms with Crippen LogP contribution in [-0.4, -0.2) is 6.61 Å². The second-order valence-electron chi connectivity index (χ2n) is 4.17. The number of hydrogen-bond donors (Lipinski definition) is 0. The maximum absolute atomic E-state index is 5.47. The highest BCUT2D eigenvalue weighted by atomic mass is 16.5. The van der Waals surface area contributed by atoms with Crippen LogP contribution in [0.1, 0.15) is 40.5 Å². The van der Waals surface area contributed by atoms with Gasteiger partial charge in [0.05, 0.1) is 12.4 Å². The summed E-state index contributed by atoms with van der Waals surface area (Å²) in [4.78, 5) is 0. The van der Waals surface area contributed by atoms with E-state index in [1.807, 2.05) is 0 Å². The highest BCUT2D eigenvalue weighted by Crippen LogP contribution is 2.11. The van der Waals surface area contributed by atoms with E-state index in [4.69, 9.17) is 4.74 Å². The van der Waals surface area contributed by atoms with Gasteiger partial charge in [-0.05, 0) is 18.3 Å². The van der Waals surface area contributed by atoms with Crippen LogP contribution in [0.25, 0.3) is 0 Å². The molecule has 0 bridgehead atoms. The van der Waals surface area contributed by atoms with Crippen LogP contribution in [0.4, 0.5) is 0 Å². The van der Waals surface area contributed by atoms with Crippen LogP contribution in [0.3, 0.4) is 0 Å². The van der Waals surface area contributed by atoms with Crippen molar-refractivity contribution >= 4 is 0 Å². The fraction of sp³-hybridized carbons (Fsp3) is 0.818. The SMILES string of the molecule is C=C(CC(C)C)OCCC(C)C. The Morgan fingerprint density at radius 3 is 2.17 bits per heavy atom. The second kappa shape index (κ2) is 6.10. The standard InChI is InChI=1S/C11H22O/c1-9(2)6-7-12-11(5)8-10(3)4/h9-10H,5-8H2,1-4H3. The van der Waals surface area contributed by atoms with E-state index in [1.165, 1.54) is 0 Å². The Kier molecular flexibility index (Phi) is 5.87. The average Bonchev–Trinajstić information content (AvgIpc) is 1.84. The zero-order valence-electron chi connectivity index (χ0n) is 8.89. The van der Waals surface area contributed by atoms with Crippen molar-refractivity contribution < 1.29 is 4.74 Å². The first-order chi connectivity index (χ1) is 5.52. The summed E-state index contributed by atoms with van der Waals surface area (Å²) >= 11 is 0. The van der Waals surface area contributed by atoms with Crippen LogP contribution in [0, 0.1) is 11.8 Å². The molecule has 0 radical (unpaired) electrons. The third-order valence-corrected chi connectivity index (χ3v) is 1.64. The van der Waals surface area contributed by atoms with Gasteiger partial charge in [0.15, 0.2) is 0 Å². The van der Waals surface area contributed by atoms with Crippen LogP contribution >= 0.6 is 0 Å². The molecule has 0 saturated carbocycles. The molecule has 0 heterocycles. The van der Waals surface area contributed by atoms with Gasteiger partial charge in [0.25, 0.3) is 0 Å². The molecule has 1 heteroatoms. The van der Waals surface area contributed by atoms with E-state index in [1.54, 1.807) is 0 Å². The summed E-state index contributed by atoms with van der Waals surface area (Å²) in [5.41, 5.74) is 0. The monoisotopic (exact) mass is 170 g/mol. The fourth-order valence-corrected chi connectivity index (χ4v) is 0.953. The minimum Gasteiger partial charge on any atom is -0.499 e. The highest BCUT2D eigenvalue weighted by Gasteiger charge is 2.00. The third-order valence-electron chi connectivity index (χ3n) is 1.64. The van der Waals surface area contributed by atoms with E-state index < -0.39 is 0 Å². The van der Waals surface area contributed by atoms with Crippen LogP contribution in [-0.2, 0) is 4.74 Å². The Labute approximate surface area is 76.8 Å². The van der Waals surface area contributed by atoms with Gasteiger partial charge in [0.2, 0.25) is 0 Å². The average molecular weight is 170 g/mol. The van der Waals surface area contributed by atoms with E-state index in [9.17, 15) is 0 Å². The van der Waals surface area contributed by atoms with Gasteiger partial charge >= 0.3 is 0 Å². The van der Waals surface area contributed by atoms with E-state index >= 15 is 0 Å². The molecule has 0 aliphatic carbocycles. The Balaban J connectivity index is 3.32. The van der Waals surface area contributed by atoms with Crippen molar-refractivity contribution in [1.29, 1.82) is 0 Å². The number of hydrogen-bond acceptors (Lipinski definition) is 1. The summed E-state index contributed by atoms with van der Waals surface area (Å²) in [5, 5.41) is 0. The van der Waals surface area contributed by atoms with E-state index in [0.29, 0.717) is 5.92 Å². The van der Waals surface area contributed by atoms with Gasteiger partial charge < -0.3 is 4.74 Å². The Morgan fingerprint density at radius 2 is 1.75 bits per heavy atom. The minimum absolute atomic E-state index is 0.650. The van der Waals surface area contributed by atoms with Crippen LogP contribution in [0.5, 0.6) is 0 Å².